The lowest BCUT2D eigenvalue weighted by atomic mass is 9.87. The van der Waals surface area contributed by atoms with Crippen molar-refractivity contribution in [2.75, 3.05) is 37.8 Å². The molecule has 0 radical (unpaired) electrons. The SMILES string of the molecule is CC(C)(COP(=O)([O-])OP(=O)([O-])OC[C@H]1O[C@@H](n2cnc3c(N)ncnc32)[C@H](O)[C@@H]1OP(=O)([O-])[O-])[C@H](O)C(=O)NCCC(=O)NCCS. The molecule has 1 fully saturated rings. The smallest absolute Gasteiger partial charge is 0.274 e. The minimum Gasteiger partial charge on any atom is -0.790 e. The van der Waals surface area contributed by atoms with E-state index >= 15 is 0 Å². The van der Waals surface area contributed by atoms with E-state index < -0.39 is 84.6 Å². The predicted octanol–water partition coefficient (Wildman–Crippen LogP) is -4.19. The number of hydrogen-bond donors (Lipinski definition) is 6. The second kappa shape index (κ2) is 16.3. The number of amides is 2. The molecule has 0 spiro atoms. The van der Waals surface area contributed by atoms with Crippen molar-refractivity contribution in [2.45, 2.75) is 50.9 Å². The number of rotatable bonds is 18. The number of phosphoric acid groups is 3. The molecule has 7 atom stereocenters. The van der Waals surface area contributed by atoms with Crippen LogP contribution in [0.1, 0.15) is 26.5 Å². The lowest BCUT2D eigenvalue weighted by Crippen LogP contribution is -2.46. The Morgan fingerprint density at radius 3 is 2.44 bits per heavy atom. The van der Waals surface area contributed by atoms with Gasteiger partial charge in [0.1, 0.15) is 36.3 Å². The molecule has 1 aliphatic heterocycles. The van der Waals surface area contributed by atoms with Crippen LogP contribution in [0, 0.1) is 5.41 Å². The van der Waals surface area contributed by atoms with Crippen LogP contribution in [0.25, 0.3) is 11.2 Å². The van der Waals surface area contributed by atoms with E-state index in [4.69, 9.17) is 10.5 Å². The maximum atomic E-state index is 12.4. The maximum Gasteiger partial charge on any atom is 0.274 e. The Morgan fingerprint density at radius 2 is 1.79 bits per heavy atom. The molecule has 3 rings (SSSR count). The number of aromatic nitrogens is 4. The zero-order valence-corrected chi connectivity index (χ0v) is 28.6. The van der Waals surface area contributed by atoms with Crippen LogP contribution in [0.2, 0.25) is 0 Å². The molecule has 23 nitrogen and oxygen atoms in total. The molecular formula is C21H32N7O16P3S-4. The van der Waals surface area contributed by atoms with Crippen molar-refractivity contribution in [3.05, 3.63) is 12.7 Å². The Bertz CT molecular complexity index is 1590. The summed E-state index contributed by atoms with van der Waals surface area (Å²) in [6.45, 7) is 0.324. The largest absolute Gasteiger partial charge is 0.790 e. The summed E-state index contributed by atoms with van der Waals surface area (Å²) in [6.07, 6.45) is -7.41. The van der Waals surface area contributed by atoms with Gasteiger partial charge in [-0.25, -0.2) is 19.3 Å². The number of aliphatic hydroxyl groups is 2. The van der Waals surface area contributed by atoms with Crippen molar-refractivity contribution >= 4 is 64.9 Å². The third kappa shape index (κ3) is 11.2. The molecule has 1 saturated heterocycles. The first kappa shape index (κ1) is 40.3. The fraction of sp³-hybridized carbons (Fsp3) is 0.667. The number of aliphatic hydroxyl groups excluding tert-OH is 2. The molecule has 6 N–H and O–H groups in total. The maximum absolute atomic E-state index is 12.4. The monoisotopic (exact) mass is 763 g/mol. The predicted molar refractivity (Wildman–Crippen MR) is 155 cm³/mol. The summed E-state index contributed by atoms with van der Waals surface area (Å²) in [5, 5.41) is 25.9. The zero-order valence-electron chi connectivity index (χ0n) is 25.0. The number of imidazole rings is 1. The normalized spacial score (nSPS) is 23.4. The highest BCUT2D eigenvalue weighted by molar-refractivity contribution is 7.80. The van der Waals surface area contributed by atoms with Crippen LogP contribution < -0.4 is 35.9 Å². The zero-order chi connectivity index (χ0) is 36.1. The van der Waals surface area contributed by atoms with Gasteiger partial charge in [0.25, 0.3) is 15.6 Å². The van der Waals surface area contributed by atoms with Gasteiger partial charge in [-0.15, -0.1) is 0 Å². The summed E-state index contributed by atoms with van der Waals surface area (Å²) in [4.78, 5) is 83.0. The summed E-state index contributed by atoms with van der Waals surface area (Å²) in [7, 11) is -17.5. The number of fused-ring (bicyclic) bond motifs is 1. The average Bonchev–Trinajstić information content (AvgIpc) is 3.54. The summed E-state index contributed by atoms with van der Waals surface area (Å²) in [5.74, 6) is -1.05. The summed E-state index contributed by atoms with van der Waals surface area (Å²) < 4.78 is 60.1. The lowest BCUT2D eigenvalue weighted by Gasteiger charge is -2.36. The number of ether oxygens (including phenoxy) is 1. The van der Waals surface area contributed by atoms with Gasteiger partial charge in [-0.1, -0.05) is 13.8 Å². The van der Waals surface area contributed by atoms with Crippen LogP contribution in [0.4, 0.5) is 5.82 Å². The number of phosphoric ester groups is 3. The highest BCUT2D eigenvalue weighted by atomic mass is 32.1. The first-order valence-corrected chi connectivity index (χ1v) is 18.6. The van der Waals surface area contributed by atoms with Crippen molar-refractivity contribution in [2.24, 2.45) is 5.41 Å². The average molecular weight is 764 g/mol. The number of hydrogen-bond acceptors (Lipinski definition) is 21. The minimum atomic E-state index is -5.88. The second-order valence-corrected chi connectivity index (χ2v) is 15.2. The Morgan fingerprint density at radius 1 is 1.12 bits per heavy atom. The Hall–Kier alpha value is -2.11. The third-order valence-corrected chi connectivity index (χ3v) is 9.72. The quantitative estimate of drug-likeness (QED) is 0.0619. The third-order valence-electron chi connectivity index (χ3n) is 6.49. The number of anilines is 1. The molecule has 0 bridgehead atoms. The van der Waals surface area contributed by atoms with E-state index in [1.807, 2.05) is 0 Å². The number of thiol groups is 1. The number of carbonyl (C=O) groups excluding carboxylic acids is 2. The van der Waals surface area contributed by atoms with Crippen LogP contribution in [0.3, 0.4) is 0 Å². The molecule has 0 aromatic carbocycles. The number of nitrogens with one attached hydrogen (secondary N) is 2. The lowest BCUT2D eigenvalue weighted by molar-refractivity contribution is -0.347. The number of nitrogens with zero attached hydrogens (tertiary/aromatic N) is 4. The first-order valence-electron chi connectivity index (χ1n) is 13.6. The fourth-order valence-electron chi connectivity index (χ4n) is 4.11. The Balaban J connectivity index is 1.61. The van der Waals surface area contributed by atoms with Gasteiger partial charge >= 0.3 is 0 Å². The van der Waals surface area contributed by atoms with E-state index in [2.05, 4.69) is 56.1 Å². The van der Waals surface area contributed by atoms with Crippen LogP contribution in [0.15, 0.2) is 12.7 Å². The van der Waals surface area contributed by atoms with E-state index in [0.29, 0.717) is 12.3 Å². The van der Waals surface area contributed by atoms with Gasteiger partial charge in [-0.3, -0.25) is 23.3 Å². The van der Waals surface area contributed by atoms with E-state index in [-0.39, 0.29) is 29.9 Å². The summed E-state index contributed by atoms with van der Waals surface area (Å²) >= 11 is 3.94. The minimum absolute atomic E-state index is 0.0144. The van der Waals surface area contributed by atoms with Crippen molar-refractivity contribution in [3.63, 3.8) is 0 Å². The number of nitrogen functional groups attached to an aromatic ring is 1. The molecule has 2 aromatic heterocycles. The van der Waals surface area contributed by atoms with Crippen LogP contribution in [-0.4, -0.2) is 98.0 Å². The highest BCUT2D eigenvalue weighted by Crippen LogP contribution is 2.56. The van der Waals surface area contributed by atoms with Crippen LogP contribution in [0.5, 0.6) is 0 Å². The molecule has 2 aromatic rings. The molecule has 2 unspecified atom stereocenters. The molecule has 3 heterocycles. The topological polar surface area (TPSA) is 358 Å². The molecule has 2 amide bonds. The fourth-order valence-corrected chi connectivity index (χ4v) is 6.96. The van der Waals surface area contributed by atoms with E-state index in [9.17, 15) is 53.1 Å². The Labute approximate surface area is 277 Å². The van der Waals surface area contributed by atoms with E-state index in [1.165, 1.54) is 13.8 Å². The van der Waals surface area contributed by atoms with Gasteiger partial charge < -0.3 is 69.0 Å². The van der Waals surface area contributed by atoms with Gasteiger partial charge in [-0.2, -0.15) is 12.6 Å². The molecule has 27 heteroatoms. The van der Waals surface area contributed by atoms with Crippen molar-refractivity contribution < 1.29 is 75.7 Å². The van der Waals surface area contributed by atoms with Gasteiger partial charge in [0, 0.05) is 30.7 Å². The molecule has 1 aliphatic rings. The highest BCUT2D eigenvalue weighted by Gasteiger charge is 2.47. The Kier molecular flexibility index (Phi) is 13.7. The van der Waals surface area contributed by atoms with Crippen molar-refractivity contribution in [1.82, 2.24) is 30.2 Å². The van der Waals surface area contributed by atoms with E-state index in [0.717, 1.165) is 17.2 Å². The molecular weight excluding hydrogens is 731 g/mol. The second-order valence-electron chi connectivity index (χ2n) is 10.7. The van der Waals surface area contributed by atoms with Gasteiger partial charge in [0.15, 0.2) is 17.7 Å². The summed E-state index contributed by atoms with van der Waals surface area (Å²) in [5.41, 5.74) is 4.10. The molecule has 0 aliphatic carbocycles. The first-order chi connectivity index (χ1) is 22.2. The molecule has 0 saturated carbocycles. The number of carbonyl (C=O) groups is 2. The van der Waals surface area contributed by atoms with E-state index in [1.54, 1.807) is 0 Å². The standard InChI is InChI=1S/C21H36N7O16P3S/c1-21(2,16(31)19(32)24-4-3-12(29)23-5-6-48)8-41-47(38,39)44-46(36,37)40-7-11-15(43-45(33,34)35)14(30)20(42-11)28-10-27-13-17(22)25-9-26-18(13)28/h9-11,14-16,20,30-31,48H,3-8H2,1-2H3,(H,23,29)(H,24,32)(H,36,37)(H,38,39)(H2,22,25,26)(H2,33,34,35)/p-4/t11-,14-,15-,16-,20-/m1/s1. The summed E-state index contributed by atoms with van der Waals surface area (Å²) in [6, 6.07) is 0. The van der Waals surface area contributed by atoms with Gasteiger partial charge in [0.05, 0.1) is 27.4 Å². The molecule has 48 heavy (non-hydrogen) atoms. The van der Waals surface area contributed by atoms with Crippen molar-refractivity contribution in [1.29, 1.82) is 0 Å². The molecule has 272 valence electrons. The number of nitrogens with two attached hydrogens (primary N) is 1. The van der Waals surface area contributed by atoms with Crippen molar-refractivity contribution in [3.8, 4) is 0 Å². The van der Waals surface area contributed by atoms with Crippen LogP contribution >= 0.6 is 36.1 Å². The van der Waals surface area contributed by atoms with Crippen LogP contribution in [-0.2, 0) is 45.9 Å². The van der Waals surface area contributed by atoms with Gasteiger partial charge in [0.2, 0.25) is 11.8 Å². The van der Waals surface area contributed by atoms with Gasteiger partial charge in [-0.05, 0) is 0 Å².